The van der Waals surface area contributed by atoms with Crippen LogP contribution in [0.4, 0.5) is 0 Å². The lowest BCUT2D eigenvalue weighted by molar-refractivity contribution is -0.124. The summed E-state index contributed by atoms with van der Waals surface area (Å²) in [4.78, 5) is 49.2. The fourth-order valence-electron chi connectivity index (χ4n) is 3.01. The summed E-state index contributed by atoms with van der Waals surface area (Å²) in [5, 5.41) is 5.31. The van der Waals surface area contributed by atoms with Gasteiger partial charge in [0.2, 0.25) is 11.8 Å². The molecule has 0 bridgehead atoms. The average Bonchev–Trinajstić information content (AvgIpc) is 2.61. The van der Waals surface area contributed by atoms with E-state index in [-0.39, 0.29) is 15.6 Å². The third kappa shape index (κ3) is 5.79. The molecule has 0 spiro atoms. The Kier molecular flexibility index (Phi) is 8.37. The smallest absolute Gasteiger partial charge is 0.253 e. The maximum absolute atomic E-state index is 12.8. The molecule has 6 N–H and O–H groups in total. The molecule has 0 aliphatic carbocycles. The highest BCUT2D eigenvalue weighted by Crippen LogP contribution is 2.24. The van der Waals surface area contributed by atoms with E-state index in [9.17, 15) is 19.2 Å². The molecule has 1 aromatic carbocycles. The van der Waals surface area contributed by atoms with Gasteiger partial charge in [-0.25, -0.2) is 0 Å². The van der Waals surface area contributed by atoms with Crippen molar-refractivity contribution in [1.82, 2.24) is 10.6 Å². The zero-order valence-electron chi connectivity index (χ0n) is 17.2. The lowest BCUT2D eigenvalue weighted by Gasteiger charge is -2.28. The fourth-order valence-corrected chi connectivity index (χ4v) is 3.64. The molecule has 1 aromatic rings. The van der Waals surface area contributed by atoms with Crippen LogP contribution in [0.25, 0.3) is 0 Å². The van der Waals surface area contributed by atoms with Gasteiger partial charge in [-0.3, -0.25) is 19.2 Å². The second kappa shape index (κ2) is 9.87. The van der Waals surface area contributed by atoms with Crippen LogP contribution in [-0.4, -0.2) is 34.7 Å². The maximum atomic E-state index is 12.8. The van der Waals surface area contributed by atoms with E-state index in [0.29, 0.717) is 25.7 Å². The van der Waals surface area contributed by atoms with Crippen LogP contribution in [0, 0.1) is 0 Å². The van der Waals surface area contributed by atoms with E-state index in [1.165, 1.54) is 18.2 Å². The van der Waals surface area contributed by atoms with Gasteiger partial charge in [0.25, 0.3) is 11.8 Å². The van der Waals surface area contributed by atoms with Gasteiger partial charge in [-0.1, -0.05) is 32.8 Å². The lowest BCUT2D eigenvalue weighted by Crippen LogP contribution is -2.55. The summed E-state index contributed by atoms with van der Waals surface area (Å²) in [6.45, 7) is 6.87. The normalized spacial score (nSPS) is 14.9. The Morgan fingerprint density at radius 2 is 1.21 bits per heavy atom. The van der Waals surface area contributed by atoms with E-state index in [0.717, 1.165) is 0 Å². The van der Waals surface area contributed by atoms with Crippen LogP contribution in [0.2, 0.25) is 0 Å². The van der Waals surface area contributed by atoms with Gasteiger partial charge in [-0.15, -0.1) is 0 Å². The van der Waals surface area contributed by atoms with E-state index in [2.05, 4.69) is 26.6 Å². The highest BCUT2D eigenvalue weighted by molar-refractivity contribution is 9.10. The molecule has 8 nitrogen and oxygen atoms in total. The van der Waals surface area contributed by atoms with Gasteiger partial charge in [0.05, 0.1) is 11.1 Å². The SMILES string of the molecule is CCC[C@@](C)(NC(=O)c1cccc(C(=O)N[C@](C)(CCC)C(N)=O)c1Br)C(N)=O. The second-order valence-corrected chi connectivity index (χ2v) is 8.26. The molecule has 0 aromatic heterocycles. The predicted molar refractivity (Wildman–Crippen MR) is 114 cm³/mol. The van der Waals surface area contributed by atoms with Crippen LogP contribution in [-0.2, 0) is 9.59 Å². The van der Waals surface area contributed by atoms with E-state index >= 15 is 0 Å². The molecule has 0 unspecified atom stereocenters. The van der Waals surface area contributed by atoms with Gasteiger partial charge in [0.15, 0.2) is 0 Å². The summed E-state index contributed by atoms with van der Waals surface area (Å²) in [6, 6.07) is 4.57. The molecule has 0 saturated heterocycles. The molecule has 4 amide bonds. The summed E-state index contributed by atoms with van der Waals surface area (Å²) in [6.07, 6.45) is 2.04. The minimum absolute atomic E-state index is 0.164. The number of amides is 4. The number of benzene rings is 1. The minimum Gasteiger partial charge on any atom is -0.368 e. The van der Waals surface area contributed by atoms with Gasteiger partial charge in [0.1, 0.15) is 11.1 Å². The van der Waals surface area contributed by atoms with Crippen LogP contribution in [0.1, 0.15) is 74.1 Å². The first-order valence-corrected chi connectivity index (χ1v) is 10.2. The van der Waals surface area contributed by atoms with Crippen molar-refractivity contribution in [3.8, 4) is 0 Å². The molecule has 0 fully saturated rings. The number of carbonyl (C=O) groups excluding carboxylic acids is 4. The molecule has 0 saturated carbocycles. The maximum Gasteiger partial charge on any atom is 0.253 e. The number of primary amides is 2. The Morgan fingerprint density at radius 3 is 1.48 bits per heavy atom. The Balaban J connectivity index is 3.20. The zero-order valence-corrected chi connectivity index (χ0v) is 18.8. The van der Waals surface area contributed by atoms with Crippen LogP contribution < -0.4 is 22.1 Å². The highest BCUT2D eigenvalue weighted by atomic mass is 79.9. The number of nitrogens with one attached hydrogen (secondary N) is 2. The quantitative estimate of drug-likeness (QED) is 0.415. The highest BCUT2D eigenvalue weighted by Gasteiger charge is 2.35. The summed E-state index contributed by atoms with van der Waals surface area (Å²) in [5.41, 5.74) is 8.81. The molecule has 0 aliphatic rings. The van der Waals surface area contributed by atoms with Crippen LogP contribution in [0.3, 0.4) is 0 Å². The number of hydrogen-bond acceptors (Lipinski definition) is 4. The zero-order chi connectivity index (χ0) is 22.4. The van der Waals surface area contributed by atoms with Crippen molar-refractivity contribution in [3.05, 3.63) is 33.8 Å². The number of rotatable bonds is 10. The molecule has 160 valence electrons. The molecule has 0 heterocycles. The average molecular weight is 469 g/mol. The van der Waals surface area contributed by atoms with E-state index in [1.807, 2.05) is 13.8 Å². The van der Waals surface area contributed by atoms with Crippen molar-refractivity contribution >= 4 is 39.6 Å². The van der Waals surface area contributed by atoms with Crippen molar-refractivity contribution < 1.29 is 19.2 Å². The fraction of sp³-hybridized carbons (Fsp3) is 0.500. The van der Waals surface area contributed by atoms with Crippen molar-refractivity contribution in [2.45, 2.75) is 64.5 Å². The Morgan fingerprint density at radius 1 is 0.862 bits per heavy atom. The Hall–Kier alpha value is -2.42. The summed E-state index contributed by atoms with van der Waals surface area (Å²) < 4.78 is 0.238. The van der Waals surface area contributed by atoms with E-state index in [4.69, 9.17) is 11.5 Å². The number of nitrogens with two attached hydrogens (primary N) is 2. The molecule has 0 radical (unpaired) electrons. The first kappa shape index (κ1) is 24.6. The molecule has 1 rings (SSSR count). The van der Waals surface area contributed by atoms with Gasteiger partial charge in [0, 0.05) is 4.47 Å². The summed E-state index contributed by atoms with van der Waals surface area (Å²) >= 11 is 3.30. The van der Waals surface area contributed by atoms with Crippen molar-refractivity contribution in [2.24, 2.45) is 11.5 Å². The molecule has 0 aliphatic heterocycles. The van der Waals surface area contributed by atoms with Crippen LogP contribution in [0.15, 0.2) is 22.7 Å². The van der Waals surface area contributed by atoms with Gasteiger partial charge in [-0.2, -0.15) is 0 Å². The lowest BCUT2D eigenvalue weighted by atomic mass is 9.94. The van der Waals surface area contributed by atoms with Crippen LogP contribution >= 0.6 is 15.9 Å². The van der Waals surface area contributed by atoms with Gasteiger partial charge in [-0.05, 0) is 54.8 Å². The number of carbonyl (C=O) groups is 4. The third-order valence-electron chi connectivity index (χ3n) is 4.85. The second-order valence-electron chi connectivity index (χ2n) is 7.47. The van der Waals surface area contributed by atoms with Crippen molar-refractivity contribution in [1.29, 1.82) is 0 Å². The largest absolute Gasteiger partial charge is 0.368 e. The summed E-state index contributed by atoms with van der Waals surface area (Å²) in [5.74, 6) is -2.39. The molecular weight excluding hydrogens is 440 g/mol. The van der Waals surface area contributed by atoms with Gasteiger partial charge < -0.3 is 22.1 Å². The van der Waals surface area contributed by atoms with Crippen molar-refractivity contribution in [2.75, 3.05) is 0 Å². The topological polar surface area (TPSA) is 144 Å². The summed E-state index contributed by atoms with van der Waals surface area (Å²) in [7, 11) is 0. The van der Waals surface area contributed by atoms with E-state index in [1.54, 1.807) is 13.8 Å². The van der Waals surface area contributed by atoms with E-state index < -0.39 is 34.7 Å². The number of halogens is 1. The Bertz CT molecular complexity index is 751. The first-order chi connectivity index (χ1) is 13.4. The number of hydrogen-bond donors (Lipinski definition) is 4. The molecule has 2 atom stereocenters. The Labute approximate surface area is 179 Å². The predicted octanol–water partition coefficient (Wildman–Crippen LogP) is 2.00. The molecule has 29 heavy (non-hydrogen) atoms. The van der Waals surface area contributed by atoms with Crippen molar-refractivity contribution in [3.63, 3.8) is 0 Å². The minimum atomic E-state index is -1.21. The van der Waals surface area contributed by atoms with Crippen LogP contribution in [0.5, 0.6) is 0 Å². The monoisotopic (exact) mass is 468 g/mol. The third-order valence-corrected chi connectivity index (χ3v) is 5.71. The molecular formula is C20H29BrN4O4. The first-order valence-electron chi connectivity index (χ1n) is 9.45. The van der Waals surface area contributed by atoms with Gasteiger partial charge >= 0.3 is 0 Å². The standard InChI is InChI=1S/C20H29BrN4O4/c1-5-10-19(3,17(22)28)24-15(26)12-8-7-9-13(14(12)21)16(27)25-20(4,11-6-2)18(23)29/h7-9H,5-6,10-11H2,1-4H3,(H2,22,28)(H2,23,29)(H,24,26)(H,25,27)/t19-,20-/m1/s1. The molecule has 9 heteroatoms.